The van der Waals surface area contributed by atoms with E-state index in [0.29, 0.717) is 12.4 Å². The van der Waals surface area contributed by atoms with Crippen LogP contribution in [0, 0.1) is 6.92 Å². The van der Waals surface area contributed by atoms with Crippen molar-refractivity contribution in [1.29, 1.82) is 0 Å². The molecule has 15 heavy (non-hydrogen) atoms. The molecule has 0 saturated carbocycles. The summed E-state index contributed by atoms with van der Waals surface area (Å²) in [6.45, 7) is 4.01. The first kappa shape index (κ1) is 11.2. The summed E-state index contributed by atoms with van der Waals surface area (Å²) in [7, 11) is 0. The van der Waals surface area contributed by atoms with E-state index >= 15 is 0 Å². The van der Waals surface area contributed by atoms with Gasteiger partial charge in [0.05, 0.1) is 12.2 Å². The van der Waals surface area contributed by atoms with Gasteiger partial charge >= 0.3 is 5.97 Å². The largest absolute Gasteiger partial charge is 0.493 e. The summed E-state index contributed by atoms with van der Waals surface area (Å²) in [6, 6.07) is 4.80. The molecule has 0 saturated heterocycles. The van der Waals surface area contributed by atoms with Crippen molar-refractivity contribution in [1.82, 2.24) is 0 Å². The third-order valence-electron chi connectivity index (χ3n) is 1.88. The molecular weight excluding hydrogens is 196 g/mol. The Morgan fingerprint density at radius 2 is 2.07 bits per heavy atom. The zero-order valence-electron chi connectivity index (χ0n) is 8.61. The molecule has 1 rings (SSSR count). The highest BCUT2D eigenvalue weighted by Crippen LogP contribution is 2.20. The Morgan fingerprint density at radius 3 is 2.60 bits per heavy atom. The summed E-state index contributed by atoms with van der Waals surface area (Å²) in [6.07, 6.45) is 0. The number of rotatable bonds is 4. The Kier molecular flexibility index (Phi) is 3.44. The lowest BCUT2D eigenvalue weighted by Crippen LogP contribution is -2.14. The molecular formula is C11H12O4. The molecule has 4 heteroatoms. The van der Waals surface area contributed by atoms with Gasteiger partial charge in [-0.25, -0.2) is 4.79 Å². The Balaban J connectivity index is 3.16. The standard InChI is InChI=1S/C11H12O4/c1-3-15-9-6-7(2)4-5-8(9)10(12)11(13)14/h4-6H,3H2,1-2H3,(H,13,14). The molecule has 0 bridgehead atoms. The number of carboxylic acids is 1. The number of benzene rings is 1. The van der Waals surface area contributed by atoms with Gasteiger partial charge in [-0.2, -0.15) is 0 Å². The lowest BCUT2D eigenvalue weighted by Gasteiger charge is -2.08. The average Bonchev–Trinajstić information content (AvgIpc) is 2.17. The monoisotopic (exact) mass is 208 g/mol. The quantitative estimate of drug-likeness (QED) is 0.603. The van der Waals surface area contributed by atoms with E-state index < -0.39 is 11.8 Å². The predicted octanol–water partition coefficient (Wildman–Crippen LogP) is 1.66. The number of aryl methyl sites for hydroxylation is 1. The van der Waals surface area contributed by atoms with Crippen molar-refractivity contribution in [3.63, 3.8) is 0 Å². The fourth-order valence-electron chi connectivity index (χ4n) is 1.21. The second-order valence-corrected chi connectivity index (χ2v) is 3.07. The smallest absolute Gasteiger partial charge is 0.377 e. The molecule has 0 aliphatic carbocycles. The van der Waals surface area contributed by atoms with Crippen LogP contribution < -0.4 is 4.74 Å². The number of carbonyl (C=O) groups excluding carboxylic acids is 1. The summed E-state index contributed by atoms with van der Waals surface area (Å²) >= 11 is 0. The van der Waals surface area contributed by atoms with Crippen LogP contribution >= 0.6 is 0 Å². The molecule has 4 nitrogen and oxygen atoms in total. The molecule has 0 aliphatic heterocycles. The zero-order chi connectivity index (χ0) is 11.4. The van der Waals surface area contributed by atoms with E-state index in [2.05, 4.69) is 0 Å². The van der Waals surface area contributed by atoms with Gasteiger partial charge in [0, 0.05) is 0 Å². The van der Waals surface area contributed by atoms with Crippen LogP contribution in [0.2, 0.25) is 0 Å². The summed E-state index contributed by atoms with van der Waals surface area (Å²) in [5.74, 6) is -2.09. The molecule has 1 aromatic rings. The number of ether oxygens (including phenoxy) is 1. The van der Waals surface area contributed by atoms with Gasteiger partial charge < -0.3 is 9.84 Å². The van der Waals surface area contributed by atoms with E-state index in [0.717, 1.165) is 5.56 Å². The summed E-state index contributed by atoms with van der Waals surface area (Å²) in [4.78, 5) is 21.8. The zero-order valence-corrected chi connectivity index (χ0v) is 8.61. The van der Waals surface area contributed by atoms with Crippen molar-refractivity contribution in [2.75, 3.05) is 6.61 Å². The highest BCUT2D eigenvalue weighted by molar-refractivity contribution is 6.40. The Hall–Kier alpha value is -1.84. The first-order valence-corrected chi connectivity index (χ1v) is 4.57. The van der Waals surface area contributed by atoms with Crippen LogP contribution in [0.4, 0.5) is 0 Å². The van der Waals surface area contributed by atoms with Crippen molar-refractivity contribution >= 4 is 11.8 Å². The lowest BCUT2D eigenvalue weighted by molar-refractivity contribution is -0.131. The predicted molar refractivity (Wildman–Crippen MR) is 54.3 cm³/mol. The molecule has 80 valence electrons. The first-order chi connectivity index (χ1) is 7.06. The van der Waals surface area contributed by atoms with Crippen LogP contribution in [-0.4, -0.2) is 23.5 Å². The third-order valence-corrected chi connectivity index (χ3v) is 1.88. The maximum atomic E-state index is 11.3. The second kappa shape index (κ2) is 4.59. The van der Waals surface area contributed by atoms with Crippen LogP contribution in [0.15, 0.2) is 18.2 Å². The molecule has 1 aromatic carbocycles. The van der Waals surface area contributed by atoms with E-state index in [9.17, 15) is 9.59 Å². The highest BCUT2D eigenvalue weighted by atomic mass is 16.5. The van der Waals surface area contributed by atoms with Gasteiger partial charge in [0.15, 0.2) is 0 Å². The van der Waals surface area contributed by atoms with E-state index in [1.807, 2.05) is 6.92 Å². The van der Waals surface area contributed by atoms with Crippen LogP contribution in [0.1, 0.15) is 22.8 Å². The van der Waals surface area contributed by atoms with Crippen molar-refractivity contribution in [3.05, 3.63) is 29.3 Å². The summed E-state index contributed by atoms with van der Waals surface area (Å²) in [5, 5.41) is 8.59. The summed E-state index contributed by atoms with van der Waals surface area (Å²) in [5.41, 5.74) is 1.01. The molecule has 0 aliphatic rings. The van der Waals surface area contributed by atoms with Crippen LogP contribution in [0.3, 0.4) is 0 Å². The molecule has 0 atom stereocenters. The first-order valence-electron chi connectivity index (χ1n) is 4.57. The SMILES string of the molecule is CCOc1cc(C)ccc1C(=O)C(=O)O. The normalized spacial score (nSPS) is 9.73. The highest BCUT2D eigenvalue weighted by Gasteiger charge is 2.19. The van der Waals surface area contributed by atoms with Gasteiger partial charge in [-0.3, -0.25) is 4.79 Å². The topological polar surface area (TPSA) is 63.6 Å². The number of carbonyl (C=O) groups is 2. The molecule has 0 heterocycles. The molecule has 0 spiro atoms. The summed E-state index contributed by atoms with van der Waals surface area (Å²) < 4.78 is 5.20. The van der Waals surface area contributed by atoms with Crippen molar-refractivity contribution in [2.24, 2.45) is 0 Å². The maximum absolute atomic E-state index is 11.3. The third kappa shape index (κ3) is 2.56. The minimum atomic E-state index is -1.47. The molecule has 0 fully saturated rings. The van der Waals surface area contributed by atoms with Crippen LogP contribution in [-0.2, 0) is 4.79 Å². The Morgan fingerprint density at radius 1 is 1.40 bits per heavy atom. The van der Waals surface area contributed by atoms with Gasteiger partial charge in [0.25, 0.3) is 5.78 Å². The van der Waals surface area contributed by atoms with E-state index in [1.54, 1.807) is 19.1 Å². The van der Waals surface area contributed by atoms with Crippen LogP contribution in [0.25, 0.3) is 0 Å². The minimum Gasteiger partial charge on any atom is -0.493 e. The number of carboxylic acid groups (broad SMARTS) is 1. The Bertz CT molecular complexity index is 396. The van der Waals surface area contributed by atoms with Gasteiger partial charge in [0.1, 0.15) is 5.75 Å². The van der Waals surface area contributed by atoms with E-state index in [-0.39, 0.29) is 5.56 Å². The van der Waals surface area contributed by atoms with Crippen molar-refractivity contribution in [3.8, 4) is 5.75 Å². The van der Waals surface area contributed by atoms with E-state index in [4.69, 9.17) is 9.84 Å². The number of ketones is 1. The lowest BCUT2D eigenvalue weighted by atomic mass is 10.1. The minimum absolute atomic E-state index is 0.0925. The van der Waals surface area contributed by atoms with Gasteiger partial charge in [0.2, 0.25) is 0 Å². The maximum Gasteiger partial charge on any atom is 0.377 e. The number of hydrogen-bond acceptors (Lipinski definition) is 3. The number of Topliss-reactive ketones (excluding diaryl/α,β-unsaturated/α-hetero) is 1. The molecule has 0 aromatic heterocycles. The van der Waals surface area contributed by atoms with Crippen molar-refractivity contribution < 1.29 is 19.4 Å². The Labute approximate surface area is 87.5 Å². The average molecular weight is 208 g/mol. The molecule has 0 amide bonds. The molecule has 1 N–H and O–H groups in total. The fourth-order valence-corrected chi connectivity index (χ4v) is 1.21. The number of aliphatic carboxylic acids is 1. The van der Waals surface area contributed by atoms with Gasteiger partial charge in [-0.15, -0.1) is 0 Å². The van der Waals surface area contributed by atoms with E-state index in [1.165, 1.54) is 6.07 Å². The number of hydrogen-bond donors (Lipinski definition) is 1. The van der Waals surface area contributed by atoms with Gasteiger partial charge in [-0.1, -0.05) is 6.07 Å². The molecule has 0 unspecified atom stereocenters. The second-order valence-electron chi connectivity index (χ2n) is 3.07. The fraction of sp³-hybridized carbons (Fsp3) is 0.273. The van der Waals surface area contributed by atoms with Crippen molar-refractivity contribution in [2.45, 2.75) is 13.8 Å². The van der Waals surface area contributed by atoms with Crippen LogP contribution in [0.5, 0.6) is 5.75 Å². The molecule has 0 radical (unpaired) electrons. The van der Waals surface area contributed by atoms with Gasteiger partial charge in [-0.05, 0) is 31.5 Å².